The van der Waals surface area contributed by atoms with Crippen molar-refractivity contribution in [2.45, 2.75) is 52.2 Å². The molecule has 0 unspecified atom stereocenters. The van der Waals surface area contributed by atoms with Crippen LogP contribution >= 0.6 is 0 Å². The molecule has 0 aliphatic carbocycles. The summed E-state index contributed by atoms with van der Waals surface area (Å²) >= 11 is 0. The Morgan fingerprint density at radius 1 is 1.44 bits per heavy atom. The first-order chi connectivity index (χ1) is 8.40. The van der Waals surface area contributed by atoms with Gasteiger partial charge in [0.25, 0.3) is 0 Å². The molecule has 0 spiro atoms. The lowest BCUT2D eigenvalue weighted by Crippen LogP contribution is -2.26. The van der Waals surface area contributed by atoms with Crippen molar-refractivity contribution in [2.24, 2.45) is 0 Å². The summed E-state index contributed by atoms with van der Waals surface area (Å²) in [6.07, 6.45) is 6.18. The Labute approximate surface area is 108 Å². The van der Waals surface area contributed by atoms with E-state index < -0.39 is 5.60 Å². The van der Waals surface area contributed by atoms with Gasteiger partial charge < -0.3 is 9.84 Å². The van der Waals surface area contributed by atoms with E-state index in [0.717, 1.165) is 24.8 Å². The molecular weight excluding hydrogens is 232 g/mol. The lowest BCUT2D eigenvalue weighted by Gasteiger charge is -2.19. The number of hydrogen-bond acceptors (Lipinski definition) is 4. The molecule has 0 aliphatic rings. The van der Waals surface area contributed by atoms with Crippen LogP contribution in [-0.4, -0.2) is 33.1 Å². The van der Waals surface area contributed by atoms with E-state index in [1.165, 1.54) is 0 Å². The van der Waals surface area contributed by atoms with Gasteiger partial charge in [-0.25, -0.2) is 0 Å². The lowest BCUT2D eigenvalue weighted by atomic mass is 10.2. The largest absolute Gasteiger partial charge is 0.459 e. The van der Waals surface area contributed by atoms with Gasteiger partial charge in [0.2, 0.25) is 0 Å². The molecule has 0 bridgehead atoms. The van der Waals surface area contributed by atoms with E-state index in [1.807, 2.05) is 27.0 Å². The van der Waals surface area contributed by atoms with Crippen molar-refractivity contribution in [3.8, 4) is 0 Å². The number of nitrogens with zero attached hydrogens (tertiary/aromatic N) is 2. The maximum atomic E-state index is 11.6. The zero-order chi connectivity index (χ0) is 13.6. The van der Waals surface area contributed by atoms with Crippen molar-refractivity contribution >= 4 is 5.97 Å². The van der Waals surface area contributed by atoms with Crippen LogP contribution in [0.1, 0.15) is 39.2 Å². The Hall–Kier alpha value is -1.36. The Balaban J connectivity index is 2.41. The first-order valence-corrected chi connectivity index (χ1v) is 6.25. The number of unbranched alkanes of at least 4 members (excludes halogenated alkanes) is 1. The Kier molecular flexibility index (Phi) is 5.34. The van der Waals surface area contributed by atoms with E-state index in [1.54, 1.807) is 10.9 Å². The maximum absolute atomic E-state index is 11.6. The van der Waals surface area contributed by atoms with Crippen LogP contribution in [0, 0.1) is 0 Å². The smallest absolute Gasteiger partial charge is 0.328 e. The molecule has 1 heterocycles. The molecule has 1 rings (SSSR count). The van der Waals surface area contributed by atoms with Crippen molar-refractivity contribution in [3.05, 3.63) is 18.0 Å². The topological polar surface area (TPSA) is 64.3 Å². The third-order valence-electron chi connectivity index (χ3n) is 2.27. The van der Waals surface area contributed by atoms with Crippen molar-refractivity contribution in [2.75, 3.05) is 6.61 Å². The zero-order valence-corrected chi connectivity index (χ0v) is 11.3. The summed E-state index contributed by atoms with van der Waals surface area (Å²) in [5.74, 6) is -0.285. The molecule has 1 aromatic rings. The van der Waals surface area contributed by atoms with Gasteiger partial charge in [0.15, 0.2) is 0 Å². The third-order valence-corrected chi connectivity index (χ3v) is 2.27. The molecule has 0 aliphatic heterocycles. The van der Waals surface area contributed by atoms with Crippen LogP contribution in [0.5, 0.6) is 0 Å². The molecule has 1 aromatic heterocycles. The van der Waals surface area contributed by atoms with Gasteiger partial charge in [-0.05, 0) is 45.6 Å². The Morgan fingerprint density at radius 2 is 2.17 bits per heavy atom. The quantitative estimate of drug-likeness (QED) is 0.618. The highest BCUT2D eigenvalue weighted by Crippen LogP contribution is 2.08. The van der Waals surface area contributed by atoms with E-state index in [2.05, 4.69) is 5.10 Å². The van der Waals surface area contributed by atoms with Crippen LogP contribution in [0.3, 0.4) is 0 Å². The number of carbonyl (C=O) groups is 1. The molecule has 0 radical (unpaired) electrons. The fourth-order valence-corrected chi connectivity index (χ4v) is 1.57. The normalized spacial score (nSPS) is 11.6. The first kappa shape index (κ1) is 14.7. The number of esters is 1. The number of carbonyl (C=O) groups excluding carboxylic acids is 1. The molecule has 5 heteroatoms. The van der Waals surface area contributed by atoms with Crippen molar-refractivity contribution < 1.29 is 14.6 Å². The van der Waals surface area contributed by atoms with Gasteiger partial charge in [0, 0.05) is 12.8 Å². The molecule has 0 amide bonds. The van der Waals surface area contributed by atoms with Crippen molar-refractivity contribution in [1.82, 2.24) is 9.78 Å². The minimum atomic E-state index is -0.464. The summed E-state index contributed by atoms with van der Waals surface area (Å²) < 4.78 is 6.80. The summed E-state index contributed by atoms with van der Waals surface area (Å²) in [6.45, 7) is 5.88. The highest BCUT2D eigenvalue weighted by Gasteiger charge is 2.16. The van der Waals surface area contributed by atoms with Crippen molar-refractivity contribution in [1.29, 1.82) is 0 Å². The van der Waals surface area contributed by atoms with Gasteiger partial charge in [-0.2, -0.15) is 5.10 Å². The lowest BCUT2D eigenvalue weighted by molar-refractivity contribution is -0.155. The minimum Gasteiger partial charge on any atom is -0.459 e. The standard InChI is InChI=1S/C13H22N2O3/c1-13(2,3)18-12(17)10-15-9-11(8-14-15)6-4-5-7-16/h8-9,16H,4-7,10H2,1-3H3. The fourth-order valence-electron chi connectivity index (χ4n) is 1.57. The highest BCUT2D eigenvalue weighted by molar-refractivity contribution is 5.69. The molecule has 0 atom stereocenters. The average molecular weight is 254 g/mol. The van der Waals surface area contributed by atoms with E-state index in [-0.39, 0.29) is 19.1 Å². The Morgan fingerprint density at radius 3 is 2.78 bits per heavy atom. The number of aromatic nitrogens is 2. The van der Waals surface area contributed by atoms with E-state index >= 15 is 0 Å². The summed E-state index contributed by atoms with van der Waals surface area (Å²) in [4.78, 5) is 11.6. The highest BCUT2D eigenvalue weighted by atomic mass is 16.6. The van der Waals surface area contributed by atoms with Crippen LogP contribution < -0.4 is 0 Å². The van der Waals surface area contributed by atoms with Gasteiger partial charge in [0.05, 0.1) is 6.20 Å². The second-order valence-electron chi connectivity index (χ2n) is 5.31. The Bertz CT molecular complexity index is 380. The van der Waals surface area contributed by atoms with Crippen molar-refractivity contribution in [3.63, 3.8) is 0 Å². The molecule has 0 fully saturated rings. The number of aryl methyl sites for hydroxylation is 1. The number of rotatable bonds is 6. The fraction of sp³-hybridized carbons (Fsp3) is 0.692. The molecule has 0 aromatic carbocycles. The maximum Gasteiger partial charge on any atom is 0.328 e. The number of aliphatic hydroxyl groups excluding tert-OH is 1. The molecule has 1 N–H and O–H groups in total. The van der Waals surface area contributed by atoms with Gasteiger partial charge in [0.1, 0.15) is 12.1 Å². The van der Waals surface area contributed by atoms with Crippen LogP contribution in [0.4, 0.5) is 0 Å². The van der Waals surface area contributed by atoms with Gasteiger partial charge >= 0.3 is 5.97 Å². The van der Waals surface area contributed by atoms with Crippen LogP contribution in [0.15, 0.2) is 12.4 Å². The minimum absolute atomic E-state index is 0.136. The monoisotopic (exact) mass is 254 g/mol. The number of ether oxygens (including phenoxy) is 1. The van der Waals surface area contributed by atoms with E-state index in [0.29, 0.717) is 0 Å². The number of hydrogen-bond donors (Lipinski definition) is 1. The van der Waals surface area contributed by atoms with Crippen LogP contribution in [0.2, 0.25) is 0 Å². The van der Waals surface area contributed by atoms with Gasteiger partial charge in [-0.3, -0.25) is 9.48 Å². The first-order valence-electron chi connectivity index (χ1n) is 6.25. The summed E-state index contributed by atoms with van der Waals surface area (Å²) in [6, 6.07) is 0. The van der Waals surface area contributed by atoms with Crippen LogP contribution in [0.25, 0.3) is 0 Å². The molecule has 18 heavy (non-hydrogen) atoms. The molecule has 0 saturated carbocycles. The predicted octanol–water partition coefficient (Wildman–Crippen LogP) is 1.54. The predicted molar refractivity (Wildman–Crippen MR) is 68.1 cm³/mol. The third kappa shape index (κ3) is 5.82. The zero-order valence-electron chi connectivity index (χ0n) is 11.3. The average Bonchev–Trinajstić information content (AvgIpc) is 2.63. The summed E-state index contributed by atoms with van der Waals surface area (Å²) in [5.41, 5.74) is 0.612. The molecule has 0 saturated heterocycles. The molecule has 5 nitrogen and oxygen atoms in total. The molecule has 102 valence electrons. The summed E-state index contributed by atoms with van der Waals surface area (Å²) in [7, 11) is 0. The van der Waals surface area contributed by atoms with Crippen LogP contribution in [-0.2, 0) is 22.5 Å². The number of aliphatic hydroxyl groups is 1. The van der Waals surface area contributed by atoms with E-state index in [4.69, 9.17) is 9.84 Å². The van der Waals surface area contributed by atoms with Gasteiger partial charge in [-0.15, -0.1) is 0 Å². The second-order valence-corrected chi connectivity index (χ2v) is 5.31. The second kappa shape index (κ2) is 6.54. The van der Waals surface area contributed by atoms with E-state index in [9.17, 15) is 4.79 Å². The SMILES string of the molecule is CC(C)(C)OC(=O)Cn1cc(CCCCO)cn1. The summed E-state index contributed by atoms with van der Waals surface area (Å²) in [5, 5.41) is 12.8. The van der Waals surface area contributed by atoms with Gasteiger partial charge in [-0.1, -0.05) is 0 Å². The molecular formula is C13H22N2O3.